The fourth-order valence-corrected chi connectivity index (χ4v) is 4.74. The molecule has 0 amide bonds. The van der Waals surface area contributed by atoms with E-state index in [-0.39, 0.29) is 5.56 Å². The lowest BCUT2D eigenvalue weighted by Gasteiger charge is -2.29. The molecule has 0 radical (unpaired) electrons. The molecule has 0 saturated carbocycles. The zero-order valence-corrected chi connectivity index (χ0v) is 18.0. The third-order valence-corrected chi connectivity index (χ3v) is 6.57. The number of hydrogen-bond donors (Lipinski definition) is 1. The number of hydrogen-bond acceptors (Lipinski definition) is 6. The highest BCUT2D eigenvalue weighted by atomic mass is 32.2. The smallest absolute Gasteiger partial charge is 0.261 e. The SMILES string of the molecule is CSc1cc(Cc2cc3c(=O)n([C@H]4COCC[C@@H]4O)cnc3c3ccccc23)ccn1. The summed E-state index contributed by atoms with van der Waals surface area (Å²) >= 11 is 1.61. The number of ether oxygens (including phenoxy) is 1. The Morgan fingerprint density at radius 1 is 1.16 bits per heavy atom. The number of pyridine rings is 1. The minimum Gasteiger partial charge on any atom is -0.391 e. The van der Waals surface area contributed by atoms with Gasteiger partial charge in [-0.1, -0.05) is 24.3 Å². The Hall–Kier alpha value is -2.74. The average molecular weight is 434 g/mol. The van der Waals surface area contributed by atoms with Crippen molar-refractivity contribution in [2.45, 2.75) is 30.0 Å². The van der Waals surface area contributed by atoms with E-state index in [9.17, 15) is 9.90 Å². The van der Waals surface area contributed by atoms with Gasteiger partial charge in [-0.2, -0.15) is 0 Å². The van der Waals surface area contributed by atoms with Gasteiger partial charge in [-0.05, 0) is 53.8 Å². The largest absolute Gasteiger partial charge is 0.391 e. The summed E-state index contributed by atoms with van der Waals surface area (Å²) in [6.45, 7) is 0.815. The van der Waals surface area contributed by atoms with Crippen molar-refractivity contribution in [3.63, 3.8) is 0 Å². The Kier molecular flexibility index (Phi) is 5.48. The van der Waals surface area contributed by atoms with Crippen LogP contribution in [0.5, 0.6) is 0 Å². The molecule has 0 spiro atoms. The number of nitrogens with zero attached hydrogens (tertiary/aromatic N) is 3. The van der Waals surface area contributed by atoms with Crippen molar-refractivity contribution in [2.24, 2.45) is 0 Å². The molecule has 7 heteroatoms. The summed E-state index contributed by atoms with van der Waals surface area (Å²) in [5, 5.41) is 14.0. The molecule has 3 heterocycles. The van der Waals surface area contributed by atoms with E-state index in [1.165, 1.54) is 4.57 Å². The highest BCUT2D eigenvalue weighted by Gasteiger charge is 2.27. The molecule has 1 fully saturated rings. The molecule has 0 bridgehead atoms. The lowest BCUT2D eigenvalue weighted by Crippen LogP contribution is -2.39. The fourth-order valence-electron chi connectivity index (χ4n) is 4.30. The molecule has 2 atom stereocenters. The van der Waals surface area contributed by atoms with Crippen LogP contribution in [-0.2, 0) is 11.2 Å². The van der Waals surface area contributed by atoms with E-state index in [1.54, 1.807) is 18.1 Å². The molecule has 158 valence electrons. The summed E-state index contributed by atoms with van der Waals surface area (Å²) in [6, 6.07) is 13.7. The van der Waals surface area contributed by atoms with E-state index >= 15 is 0 Å². The van der Waals surface area contributed by atoms with Crippen LogP contribution in [0, 0.1) is 0 Å². The van der Waals surface area contributed by atoms with Crippen LogP contribution in [0.25, 0.3) is 21.7 Å². The molecule has 1 saturated heterocycles. The van der Waals surface area contributed by atoms with Gasteiger partial charge < -0.3 is 9.84 Å². The van der Waals surface area contributed by atoms with Crippen molar-refractivity contribution in [3.05, 3.63) is 76.5 Å². The molecule has 4 aromatic rings. The van der Waals surface area contributed by atoms with Crippen molar-refractivity contribution < 1.29 is 9.84 Å². The Labute approximate surface area is 183 Å². The van der Waals surface area contributed by atoms with E-state index in [0.717, 1.165) is 26.9 Å². The van der Waals surface area contributed by atoms with Crippen LogP contribution < -0.4 is 5.56 Å². The fraction of sp³-hybridized carbons (Fsp3) is 0.292. The van der Waals surface area contributed by atoms with Gasteiger partial charge in [-0.25, -0.2) is 9.97 Å². The Bertz CT molecular complexity index is 1320. The van der Waals surface area contributed by atoms with Gasteiger partial charge >= 0.3 is 0 Å². The average Bonchev–Trinajstić information content (AvgIpc) is 2.81. The first-order chi connectivity index (χ1) is 15.2. The van der Waals surface area contributed by atoms with E-state index in [4.69, 9.17) is 4.74 Å². The first-order valence-electron chi connectivity index (χ1n) is 10.3. The predicted octanol–water partition coefficient (Wildman–Crippen LogP) is 3.58. The molecule has 2 aromatic heterocycles. The molecule has 31 heavy (non-hydrogen) atoms. The normalized spacial score (nSPS) is 19.2. The molecule has 1 N–H and O–H groups in total. The van der Waals surface area contributed by atoms with Crippen molar-refractivity contribution >= 4 is 33.4 Å². The molecule has 5 rings (SSSR count). The summed E-state index contributed by atoms with van der Waals surface area (Å²) in [5.41, 5.74) is 2.75. The maximum atomic E-state index is 13.5. The zero-order valence-electron chi connectivity index (χ0n) is 17.2. The monoisotopic (exact) mass is 433 g/mol. The summed E-state index contributed by atoms with van der Waals surface area (Å²) in [6.07, 6.45) is 5.96. The second-order valence-electron chi connectivity index (χ2n) is 7.82. The molecule has 1 aliphatic rings. The quantitative estimate of drug-likeness (QED) is 0.392. The number of aliphatic hydroxyl groups excluding tert-OH is 1. The van der Waals surface area contributed by atoms with Gasteiger partial charge in [0.05, 0.1) is 41.0 Å². The van der Waals surface area contributed by atoms with Crippen molar-refractivity contribution in [3.8, 4) is 0 Å². The number of fused-ring (bicyclic) bond motifs is 3. The summed E-state index contributed by atoms with van der Waals surface area (Å²) < 4.78 is 7.04. The van der Waals surface area contributed by atoms with Gasteiger partial charge in [-0.3, -0.25) is 9.36 Å². The number of aliphatic hydroxyl groups is 1. The third kappa shape index (κ3) is 3.73. The first kappa shape index (κ1) is 20.2. The van der Waals surface area contributed by atoms with Crippen LogP contribution >= 0.6 is 11.8 Å². The Morgan fingerprint density at radius 3 is 2.81 bits per heavy atom. The molecular weight excluding hydrogens is 410 g/mol. The number of rotatable bonds is 4. The highest BCUT2D eigenvalue weighted by molar-refractivity contribution is 7.98. The predicted molar refractivity (Wildman–Crippen MR) is 123 cm³/mol. The van der Waals surface area contributed by atoms with Gasteiger partial charge in [0.2, 0.25) is 0 Å². The maximum Gasteiger partial charge on any atom is 0.261 e. The van der Waals surface area contributed by atoms with Crippen LogP contribution in [0.1, 0.15) is 23.6 Å². The zero-order chi connectivity index (χ0) is 21.4. The molecule has 0 unspecified atom stereocenters. The van der Waals surface area contributed by atoms with Crippen LogP contribution in [-0.4, -0.2) is 45.2 Å². The number of thioether (sulfide) groups is 1. The van der Waals surface area contributed by atoms with Crippen LogP contribution in [0.3, 0.4) is 0 Å². The van der Waals surface area contributed by atoms with E-state index in [0.29, 0.717) is 37.0 Å². The topological polar surface area (TPSA) is 77.2 Å². The minimum atomic E-state index is -0.618. The molecule has 6 nitrogen and oxygen atoms in total. The van der Waals surface area contributed by atoms with E-state index in [1.807, 2.05) is 42.8 Å². The summed E-state index contributed by atoms with van der Waals surface area (Å²) in [7, 11) is 0. The third-order valence-electron chi connectivity index (χ3n) is 5.93. The summed E-state index contributed by atoms with van der Waals surface area (Å²) in [5.74, 6) is 0. The standard InChI is InChI=1S/C24H23N3O3S/c1-31-22-11-15(6-8-25-22)10-16-12-19-23(18-5-3-2-4-17(16)18)26-14-27(24(19)29)20-13-30-9-7-21(20)28/h2-6,8,11-12,14,20-21,28H,7,9-10,13H2,1H3/t20-,21-/m0/s1. The van der Waals surface area contributed by atoms with Crippen molar-refractivity contribution in [2.75, 3.05) is 19.5 Å². The van der Waals surface area contributed by atoms with Gasteiger partial charge in [0.15, 0.2) is 0 Å². The van der Waals surface area contributed by atoms with E-state index in [2.05, 4.69) is 22.1 Å². The first-order valence-corrected chi connectivity index (χ1v) is 11.5. The van der Waals surface area contributed by atoms with Crippen LogP contribution in [0.2, 0.25) is 0 Å². The Morgan fingerprint density at radius 2 is 2.00 bits per heavy atom. The minimum absolute atomic E-state index is 0.147. The van der Waals surface area contributed by atoms with E-state index < -0.39 is 12.1 Å². The van der Waals surface area contributed by atoms with Gasteiger partial charge in [0, 0.05) is 18.2 Å². The molecule has 1 aliphatic heterocycles. The molecule has 0 aliphatic carbocycles. The highest BCUT2D eigenvalue weighted by Crippen LogP contribution is 2.29. The van der Waals surface area contributed by atoms with Crippen molar-refractivity contribution in [1.82, 2.24) is 14.5 Å². The molecule has 2 aromatic carbocycles. The summed E-state index contributed by atoms with van der Waals surface area (Å²) in [4.78, 5) is 22.5. The Balaban J connectivity index is 1.69. The lowest BCUT2D eigenvalue weighted by atomic mass is 9.96. The van der Waals surface area contributed by atoms with Crippen LogP contribution in [0.15, 0.2) is 64.8 Å². The number of benzene rings is 2. The number of aromatic nitrogens is 3. The van der Waals surface area contributed by atoms with Crippen molar-refractivity contribution in [1.29, 1.82) is 0 Å². The van der Waals surface area contributed by atoms with Gasteiger partial charge in [0.25, 0.3) is 5.56 Å². The van der Waals surface area contributed by atoms with Gasteiger partial charge in [0.1, 0.15) is 0 Å². The van der Waals surface area contributed by atoms with Gasteiger partial charge in [-0.15, -0.1) is 11.8 Å². The molecular formula is C24H23N3O3S. The lowest BCUT2D eigenvalue weighted by molar-refractivity contribution is -0.0303. The second kappa shape index (κ2) is 8.42. The second-order valence-corrected chi connectivity index (χ2v) is 8.64. The van der Waals surface area contributed by atoms with Crippen LogP contribution in [0.4, 0.5) is 0 Å². The maximum absolute atomic E-state index is 13.5.